The van der Waals surface area contributed by atoms with Crippen molar-refractivity contribution in [2.75, 3.05) is 0 Å². The fourth-order valence-electron chi connectivity index (χ4n) is 3.61. The van der Waals surface area contributed by atoms with E-state index in [2.05, 4.69) is 10.4 Å². The Morgan fingerprint density at radius 3 is 2.84 bits per heavy atom. The highest BCUT2D eigenvalue weighted by atomic mass is 16.4. The van der Waals surface area contributed by atoms with E-state index in [-0.39, 0.29) is 5.91 Å². The van der Waals surface area contributed by atoms with Gasteiger partial charge in [0, 0.05) is 12.2 Å². The lowest BCUT2D eigenvalue weighted by molar-refractivity contribution is -0.145. The number of carboxylic acid groups (broad SMARTS) is 1. The molecular weight excluding hydrogens is 318 g/mol. The van der Waals surface area contributed by atoms with Gasteiger partial charge in [-0.05, 0) is 43.7 Å². The number of carbonyl (C=O) groups excluding carboxylic acids is 1. The van der Waals surface area contributed by atoms with Crippen molar-refractivity contribution in [3.05, 3.63) is 52.8 Å². The molecule has 1 aliphatic carbocycles. The number of aliphatic carboxylic acids is 1. The number of rotatable bonds is 5. The molecule has 0 saturated heterocycles. The molecule has 1 aliphatic rings. The molecule has 132 valence electrons. The topological polar surface area (TPSA) is 84.2 Å². The maximum atomic E-state index is 12.8. The molecule has 2 N–H and O–H groups in total. The summed E-state index contributed by atoms with van der Waals surface area (Å²) in [7, 11) is 0. The lowest BCUT2D eigenvalue weighted by atomic mass is 9.76. The lowest BCUT2D eigenvalue weighted by Gasteiger charge is -2.36. The van der Waals surface area contributed by atoms with Crippen LogP contribution in [0.2, 0.25) is 0 Å². The predicted octanol–water partition coefficient (Wildman–Crippen LogP) is 2.65. The second-order valence-electron chi connectivity index (χ2n) is 6.54. The van der Waals surface area contributed by atoms with Crippen molar-refractivity contribution in [1.82, 2.24) is 15.1 Å². The van der Waals surface area contributed by atoms with Crippen LogP contribution in [0.4, 0.5) is 0 Å². The van der Waals surface area contributed by atoms with Crippen LogP contribution in [-0.2, 0) is 23.3 Å². The molecule has 0 aliphatic heterocycles. The average molecular weight is 341 g/mol. The van der Waals surface area contributed by atoms with E-state index in [0.717, 1.165) is 37.1 Å². The van der Waals surface area contributed by atoms with E-state index in [1.54, 1.807) is 10.7 Å². The van der Waals surface area contributed by atoms with Crippen molar-refractivity contribution in [3.8, 4) is 0 Å². The number of amides is 1. The molecule has 1 atom stereocenters. The summed E-state index contributed by atoms with van der Waals surface area (Å²) in [5.74, 6) is -1.41. The number of fused-ring (bicyclic) bond motifs is 1. The first-order chi connectivity index (χ1) is 12.0. The van der Waals surface area contributed by atoms with Crippen molar-refractivity contribution < 1.29 is 14.7 Å². The minimum Gasteiger partial charge on any atom is -0.479 e. The molecule has 6 nitrogen and oxygen atoms in total. The zero-order valence-corrected chi connectivity index (χ0v) is 14.6. The normalized spacial score (nSPS) is 19.3. The van der Waals surface area contributed by atoms with Gasteiger partial charge in [-0.1, -0.05) is 31.2 Å². The Bertz CT molecular complexity index is 812. The van der Waals surface area contributed by atoms with Gasteiger partial charge in [0.1, 0.15) is 0 Å². The smallest absolute Gasteiger partial charge is 0.334 e. The fourth-order valence-corrected chi connectivity index (χ4v) is 3.61. The quantitative estimate of drug-likeness (QED) is 0.876. The highest BCUT2D eigenvalue weighted by Gasteiger charge is 2.45. The molecule has 0 spiro atoms. The van der Waals surface area contributed by atoms with E-state index >= 15 is 0 Å². The van der Waals surface area contributed by atoms with E-state index in [0.29, 0.717) is 17.5 Å². The van der Waals surface area contributed by atoms with Crippen molar-refractivity contribution in [3.63, 3.8) is 0 Å². The Morgan fingerprint density at radius 1 is 1.36 bits per heavy atom. The number of hydrogen-bond donors (Lipinski definition) is 2. The molecule has 1 aromatic carbocycles. The molecular formula is C19H23N3O3. The molecule has 0 unspecified atom stereocenters. The summed E-state index contributed by atoms with van der Waals surface area (Å²) in [6.45, 7) is 4.60. The summed E-state index contributed by atoms with van der Waals surface area (Å²) in [5.41, 5.74) is 1.46. The Hall–Kier alpha value is -2.63. The SMILES string of the molecule is CCCn1ncc(C(=O)N[C@@]2(C(=O)O)CCCc3ccccc32)c1C. The highest BCUT2D eigenvalue weighted by molar-refractivity contribution is 5.99. The summed E-state index contributed by atoms with van der Waals surface area (Å²) in [6, 6.07) is 7.45. The minimum absolute atomic E-state index is 0.382. The monoisotopic (exact) mass is 341 g/mol. The summed E-state index contributed by atoms with van der Waals surface area (Å²) < 4.78 is 1.77. The molecule has 25 heavy (non-hydrogen) atoms. The number of benzene rings is 1. The summed E-state index contributed by atoms with van der Waals surface area (Å²) in [4.78, 5) is 25.0. The third-order valence-electron chi connectivity index (χ3n) is 4.95. The van der Waals surface area contributed by atoms with E-state index in [9.17, 15) is 14.7 Å². The molecule has 1 aromatic heterocycles. The standard InChI is InChI=1S/C19H23N3O3/c1-3-11-22-13(2)15(12-20-22)17(23)21-19(18(24)25)10-6-8-14-7-4-5-9-16(14)19/h4-5,7,9,12H,3,6,8,10-11H2,1-2H3,(H,21,23)(H,24,25)/t19-/m0/s1. The molecule has 0 fully saturated rings. The van der Waals surface area contributed by atoms with Crippen LogP contribution in [0, 0.1) is 6.92 Å². The van der Waals surface area contributed by atoms with Crippen LogP contribution in [0.3, 0.4) is 0 Å². The Kier molecular flexibility index (Phi) is 4.61. The Morgan fingerprint density at radius 2 is 2.12 bits per heavy atom. The van der Waals surface area contributed by atoms with Gasteiger partial charge in [-0.3, -0.25) is 9.48 Å². The van der Waals surface area contributed by atoms with Crippen LogP contribution in [0.25, 0.3) is 0 Å². The lowest BCUT2D eigenvalue weighted by Crippen LogP contribution is -2.53. The van der Waals surface area contributed by atoms with E-state index in [4.69, 9.17) is 0 Å². The second kappa shape index (κ2) is 6.70. The predicted molar refractivity (Wildman–Crippen MR) is 93.4 cm³/mol. The third kappa shape index (κ3) is 2.92. The first-order valence-corrected chi connectivity index (χ1v) is 8.66. The van der Waals surface area contributed by atoms with Crippen molar-refractivity contribution >= 4 is 11.9 Å². The molecule has 0 radical (unpaired) electrons. The number of carboxylic acids is 1. The number of aromatic nitrogens is 2. The maximum Gasteiger partial charge on any atom is 0.334 e. The van der Waals surface area contributed by atoms with E-state index < -0.39 is 11.5 Å². The van der Waals surface area contributed by atoms with Crippen LogP contribution in [-0.4, -0.2) is 26.8 Å². The molecule has 0 saturated carbocycles. The van der Waals surface area contributed by atoms with Crippen LogP contribution in [0.5, 0.6) is 0 Å². The summed E-state index contributed by atoms with van der Waals surface area (Å²) in [5, 5.41) is 17.0. The average Bonchev–Trinajstić information content (AvgIpc) is 2.96. The van der Waals surface area contributed by atoms with Gasteiger partial charge in [0.25, 0.3) is 5.91 Å². The van der Waals surface area contributed by atoms with Gasteiger partial charge < -0.3 is 10.4 Å². The van der Waals surface area contributed by atoms with Crippen LogP contribution < -0.4 is 5.32 Å². The van der Waals surface area contributed by atoms with Gasteiger partial charge in [0.15, 0.2) is 5.54 Å². The molecule has 1 heterocycles. The Balaban J connectivity index is 1.97. The number of aryl methyl sites for hydroxylation is 2. The molecule has 0 bridgehead atoms. The first-order valence-electron chi connectivity index (χ1n) is 8.66. The van der Waals surface area contributed by atoms with Crippen molar-refractivity contribution in [1.29, 1.82) is 0 Å². The molecule has 1 amide bonds. The third-order valence-corrected chi connectivity index (χ3v) is 4.95. The van der Waals surface area contributed by atoms with E-state index in [1.165, 1.54) is 6.20 Å². The van der Waals surface area contributed by atoms with Crippen LogP contribution in [0.15, 0.2) is 30.5 Å². The zero-order chi connectivity index (χ0) is 18.0. The van der Waals surface area contributed by atoms with Gasteiger partial charge >= 0.3 is 5.97 Å². The molecule has 6 heteroatoms. The van der Waals surface area contributed by atoms with E-state index in [1.807, 2.05) is 32.0 Å². The van der Waals surface area contributed by atoms with Crippen LogP contribution >= 0.6 is 0 Å². The largest absolute Gasteiger partial charge is 0.479 e. The number of hydrogen-bond acceptors (Lipinski definition) is 3. The minimum atomic E-state index is -1.38. The highest BCUT2D eigenvalue weighted by Crippen LogP contribution is 2.36. The summed E-state index contributed by atoms with van der Waals surface area (Å²) in [6.07, 6.45) is 4.36. The number of nitrogens with zero attached hydrogens (tertiary/aromatic N) is 2. The molecule has 2 aromatic rings. The van der Waals surface area contributed by atoms with Crippen molar-refractivity contribution in [2.45, 2.75) is 51.6 Å². The second-order valence-corrected chi connectivity index (χ2v) is 6.54. The number of nitrogens with one attached hydrogen (secondary N) is 1. The fraction of sp³-hybridized carbons (Fsp3) is 0.421. The van der Waals surface area contributed by atoms with Gasteiger partial charge in [0.05, 0.1) is 11.8 Å². The van der Waals surface area contributed by atoms with Crippen molar-refractivity contribution in [2.24, 2.45) is 0 Å². The van der Waals surface area contributed by atoms with Gasteiger partial charge in [-0.2, -0.15) is 5.10 Å². The molecule has 3 rings (SSSR count). The zero-order valence-electron chi connectivity index (χ0n) is 14.6. The van der Waals surface area contributed by atoms with Gasteiger partial charge in [-0.15, -0.1) is 0 Å². The van der Waals surface area contributed by atoms with Crippen LogP contribution in [0.1, 0.15) is 53.4 Å². The Labute approximate surface area is 146 Å². The van der Waals surface area contributed by atoms with Gasteiger partial charge in [-0.25, -0.2) is 4.79 Å². The summed E-state index contributed by atoms with van der Waals surface area (Å²) >= 11 is 0. The maximum absolute atomic E-state index is 12.8. The first kappa shape index (κ1) is 17.2. The number of carbonyl (C=O) groups is 2. The van der Waals surface area contributed by atoms with Gasteiger partial charge in [0.2, 0.25) is 0 Å².